The Labute approximate surface area is 125 Å². The monoisotopic (exact) mass is 344 g/mol. The predicted octanol–water partition coefficient (Wildman–Crippen LogP) is 4.20. The highest BCUT2D eigenvalue weighted by Crippen LogP contribution is 2.37. The molecule has 2 atom stereocenters. The van der Waals surface area contributed by atoms with Crippen molar-refractivity contribution in [1.82, 2.24) is 0 Å². The molecule has 19 heavy (non-hydrogen) atoms. The number of carbonyl (C=O) groups is 1. The van der Waals surface area contributed by atoms with Crippen molar-refractivity contribution in [2.45, 2.75) is 41.9 Å². The van der Waals surface area contributed by atoms with Crippen molar-refractivity contribution >= 4 is 33.7 Å². The van der Waals surface area contributed by atoms with Gasteiger partial charge in [-0.15, -0.1) is 11.8 Å². The van der Waals surface area contributed by atoms with Gasteiger partial charge in [-0.05, 0) is 43.9 Å². The van der Waals surface area contributed by atoms with E-state index >= 15 is 0 Å². The van der Waals surface area contributed by atoms with Crippen molar-refractivity contribution in [1.29, 1.82) is 0 Å². The summed E-state index contributed by atoms with van der Waals surface area (Å²) in [5.41, 5.74) is 0.382. The number of thioether (sulfide) groups is 1. The molecule has 0 amide bonds. The van der Waals surface area contributed by atoms with Crippen LogP contribution < -0.4 is 0 Å². The predicted molar refractivity (Wildman–Crippen MR) is 80.0 cm³/mol. The summed E-state index contributed by atoms with van der Waals surface area (Å²) in [6.07, 6.45) is 4.68. The highest BCUT2D eigenvalue weighted by molar-refractivity contribution is 9.10. The van der Waals surface area contributed by atoms with Crippen molar-refractivity contribution in [2.24, 2.45) is 0 Å². The van der Waals surface area contributed by atoms with Crippen molar-refractivity contribution in [2.75, 3.05) is 7.11 Å². The topological polar surface area (TPSA) is 46.5 Å². The number of carboxylic acids is 1. The summed E-state index contributed by atoms with van der Waals surface area (Å²) in [4.78, 5) is 12.1. The minimum atomic E-state index is -0.867. The van der Waals surface area contributed by atoms with Gasteiger partial charge in [-0.1, -0.05) is 15.9 Å². The Bertz CT molecular complexity index is 464. The lowest BCUT2D eigenvalue weighted by Gasteiger charge is -2.28. The van der Waals surface area contributed by atoms with Crippen LogP contribution in [0.5, 0.6) is 0 Å². The second kappa shape index (κ2) is 6.77. The van der Waals surface area contributed by atoms with Gasteiger partial charge in [-0.3, -0.25) is 0 Å². The molecule has 2 unspecified atom stereocenters. The molecule has 3 nitrogen and oxygen atoms in total. The first-order chi connectivity index (χ1) is 9.10. The molecule has 0 spiro atoms. The van der Waals surface area contributed by atoms with Crippen molar-refractivity contribution in [3.63, 3.8) is 0 Å². The molecule has 1 N–H and O–H groups in total. The number of hydrogen-bond acceptors (Lipinski definition) is 3. The molecule has 104 valence electrons. The molecule has 0 aromatic heterocycles. The number of methoxy groups -OCH3 is 1. The number of halogens is 1. The lowest BCUT2D eigenvalue weighted by molar-refractivity contribution is 0.0693. The van der Waals surface area contributed by atoms with Crippen molar-refractivity contribution in [3.8, 4) is 0 Å². The van der Waals surface area contributed by atoms with Crippen LogP contribution in [-0.4, -0.2) is 29.5 Å². The zero-order valence-electron chi connectivity index (χ0n) is 10.8. The third-order valence-electron chi connectivity index (χ3n) is 3.38. The minimum absolute atomic E-state index is 0.312. The zero-order valence-corrected chi connectivity index (χ0v) is 13.2. The van der Waals surface area contributed by atoms with E-state index in [2.05, 4.69) is 15.9 Å². The Morgan fingerprint density at radius 1 is 1.47 bits per heavy atom. The first-order valence-electron chi connectivity index (χ1n) is 6.32. The highest BCUT2D eigenvalue weighted by atomic mass is 79.9. The van der Waals surface area contributed by atoms with Gasteiger partial charge in [0.2, 0.25) is 0 Å². The average molecular weight is 345 g/mol. The van der Waals surface area contributed by atoms with E-state index < -0.39 is 5.97 Å². The SMILES string of the molecule is COC1CCCC(Sc2cc(Br)ccc2C(=O)O)C1. The molecule has 0 bridgehead atoms. The minimum Gasteiger partial charge on any atom is -0.478 e. The maximum atomic E-state index is 11.2. The highest BCUT2D eigenvalue weighted by Gasteiger charge is 2.24. The van der Waals surface area contributed by atoms with Crippen LogP contribution in [0.25, 0.3) is 0 Å². The summed E-state index contributed by atoms with van der Waals surface area (Å²) >= 11 is 5.07. The Morgan fingerprint density at radius 2 is 2.26 bits per heavy atom. The number of benzene rings is 1. The van der Waals surface area contributed by atoms with Crippen LogP contribution in [0, 0.1) is 0 Å². The van der Waals surface area contributed by atoms with Gasteiger partial charge >= 0.3 is 5.97 Å². The molecule has 2 rings (SSSR count). The summed E-state index contributed by atoms with van der Waals surface area (Å²) in [7, 11) is 1.75. The van der Waals surface area contributed by atoms with Crippen molar-refractivity contribution in [3.05, 3.63) is 28.2 Å². The van der Waals surface area contributed by atoms with E-state index in [0.29, 0.717) is 16.9 Å². The summed E-state index contributed by atoms with van der Waals surface area (Å²) < 4.78 is 6.34. The third kappa shape index (κ3) is 3.97. The molecule has 0 saturated heterocycles. The normalized spacial score (nSPS) is 23.3. The van der Waals surface area contributed by atoms with Crippen LogP contribution in [-0.2, 0) is 4.74 Å². The standard InChI is InChI=1S/C14H17BrO3S/c1-18-10-3-2-4-11(8-10)19-13-7-9(15)5-6-12(13)14(16)17/h5-7,10-11H,2-4,8H2,1H3,(H,16,17). The van der Waals surface area contributed by atoms with E-state index in [1.807, 2.05) is 6.07 Å². The summed E-state index contributed by atoms with van der Waals surface area (Å²) in [5.74, 6) is -0.867. The Kier molecular flexibility index (Phi) is 5.30. The van der Waals surface area contributed by atoms with E-state index in [4.69, 9.17) is 4.74 Å². The molecule has 1 saturated carbocycles. The number of carboxylic acid groups (broad SMARTS) is 1. The van der Waals surface area contributed by atoms with Gasteiger partial charge in [-0.25, -0.2) is 4.79 Å². The number of ether oxygens (including phenoxy) is 1. The maximum absolute atomic E-state index is 11.2. The number of rotatable bonds is 4. The fourth-order valence-electron chi connectivity index (χ4n) is 2.37. The fourth-order valence-corrected chi connectivity index (χ4v) is 4.32. The molecular weight excluding hydrogens is 328 g/mol. The van der Waals surface area contributed by atoms with Gasteiger partial charge in [-0.2, -0.15) is 0 Å². The van der Waals surface area contributed by atoms with Crippen LogP contribution >= 0.6 is 27.7 Å². The lowest BCUT2D eigenvalue weighted by atomic mass is 9.97. The van der Waals surface area contributed by atoms with Gasteiger partial charge in [0, 0.05) is 21.7 Å². The molecular formula is C14H17BrO3S. The molecule has 1 fully saturated rings. The zero-order chi connectivity index (χ0) is 13.8. The Hall–Kier alpha value is -0.520. The van der Waals surface area contributed by atoms with Crippen LogP contribution in [0.4, 0.5) is 0 Å². The van der Waals surface area contributed by atoms with Crippen LogP contribution in [0.15, 0.2) is 27.6 Å². The van der Waals surface area contributed by atoms with Crippen LogP contribution in [0.2, 0.25) is 0 Å². The molecule has 1 aliphatic rings. The number of aromatic carboxylic acids is 1. The van der Waals surface area contributed by atoms with Gasteiger partial charge in [0.1, 0.15) is 0 Å². The van der Waals surface area contributed by atoms with Crippen LogP contribution in [0.1, 0.15) is 36.0 Å². The molecule has 1 aromatic carbocycles. The van der Waals surface area contributed by atoms with E-state index in [0.717, 1.165) is 35.1 Å². The van der Waals surface area contributed by atoms with Crippen LogP contribution in [0.3, 0.4) is 0 Å². The van der Waals surface area contributed by atoms with Gasteiger partial charge in [0.15, 0.2) is 0 Å². The molecule has 1 aromatic rings. The number of hydrogen-bond donors (Lipinski definition) is 1. The Balaban J connectivity index is 2.13. The van der Waals surface area contributed by atoms with Crippen molar-refractivity contribution < 1.29 is 14.6 Å². The summed E-state index contributed by atoms with van der Waals surface area (Å²) in [6.45, 7) is 0. The van der Waals surface area contributed by atoms with E-state index in [1.54, 1.807) is 31.0 Å². The first kappa shape index (κ1) is 14.9. The summed E-state index contributed by atoms with van der Waals surface area (Å²) in [6, 6.07) is 5.32. The lowest BCUT2D eigenvalue weighted by Crippen LogP contribution is -2.23. The van der Waals surface area contributed by atoms with E-state index in [1.165, 1.54) is 0 Å². The second-order valence-electron chi connectivity index (χ2n) is 4.71. The molecule has 0 aliphatic heterocycles. The van der Waals surface area contributed by atoms with Gasteiger partial charge in [0.05, 0.1) is 11.7 Å². The molecule has 5 heteroatoms. The third-order valence-corrected chi connectivity index (χ3v) is 5.23. The molecule has 0 heterocycles. The van der Waals surface area contributed by atoms with E-state index in [-0.39, 0.29) is 0 Å². The quantitative estimate of drug-likeness (QED) is 0.889. The smallest absolute Gasteiger partial charge is 0.336 e. The van der Waals surface area contributed by atoms with Gasteiger partial charge < -0.3 is 9.84 Å². The first-order valence-corrected chi connectivity index (χ1v) is 7.99. The molecule has 1 aliphatic carbocycles. The van der Waals surface area contributed by atoms with Gasteiger partial charge in [0.25, 0.3) is 0 Å². The maximum Gasteiger partial charge on any atom is 0.336 e. The largest absolute Gasteiger partial charge is 0.478 e. The average Bonchev–Trinajstić information content (AvgIpc) is 2.38. The van der Waals surface area contributed by atoms with E-state index in [9.17, 15) is 9.90 Å². The fraction of sp³-hybridized carbons (Fsp3) is 0.500. The second-order valence-corrected chi connectivity index (χ2v) is 6.97. The summed E-state index contributed by atoms with van der Waals surface area (Å²) in [5, 5.41) is 9.67. The molecule has 0 radical (unpaired) electrons. The Morgan fingerprint density at radius 3 is 2.95 bits per heavy atom.